The maximum absolute atomic E-state index is 12.9. The van der Waals surface area contributed by atoms with E-state index in [2.05, 4.69) is 0 Å². The van der Waals surface area contributed by atoms with Crippen LogP contribution in [0.5, 0.6) is 0 Å². The molecule has 0 bridgehead atoms. The van der Waals surface area contributed by atoms with Crippen LogP contribution < -0.4 is 0 Å². The molecule has 0 saturated heterocycles. The summed E-state index contributed by atoms with van der Waals surface area (Å²) in [6.45, 7) is 3.33. The summed E-state index contributed by atoms with van der Waals surface area (Å²) in [7, 11) is -1.60. The Bertz CT molecular complexity index is 501. The van der Waals surface area contributed by atoms with Crippen molar-refractivity contribution in [1.82, 2.24) is 0 Å². The number of hydrogen-bond acceptors (Lipinski definition) is 2. The minimum absolute atomic E-state index is 0.0247. The number of carbonyl (C=O) groups is 1. The van der Waals surface area contributed by atoms with E-state index in [0.29, 0.717) is 6.42 Å². The van der Waals surface area contributed by atoms with Gasteiger partial charge in [0, 0.05) is 11.3 Å². The zero-order chi connectivity index (χ0) is 14.6. The molecule has 0 aliphatic rings. The normalized spacial score (nSPS) is 12.7. The van der Waals surface area contributed by atoms with Crippen LogP contribution in [0.4, 0.5) is 8.78 Å². The maximum Gasteiger partial charge on any atom is 0.335 e. The van der Waals surface area contributed by atoms with Gasteiger partial charge in [0.1, 0.15) is 0 Å². The molecule has 0 fully saturated rings. The molecule has 0 radical (unpaired) electrons. The molecular formula is C13H16F2O3S. The molecule has 0 unspecified atom stereocenters. The van der Waals surface area contributed by atoms with Crippen molar-refractivity contribution in [2.75, 3.05) is 5.75 Å². The molecule has 0 amide bonds. The highest BCUT2D eigenvalue weighted by Gasteiger charge is 2.23. The average molecular weight is 290 g/mol. The highest BCUT2D eigenvalue weighted by Crippen LogP contribution is 2.30. The van der Waals surface area contributed by atoms with Crippen LogP contribution in [0.15, 0.2) is 17.0 Å². The quantitative estimate of drug-likeness (QED) is 0.872. The lowest BCUT2D eigenvalue weighted by Gasteiger charge is -2.13. The lowest BCUT2D eigenvalue weighted by molar-refractivity contribution is 0.0695. The van der Waals surface area contributed by atoms with Crippen LogP contribution in [-0.2, 0) is 10.8 Å². The van der Waals surface area contributed by atoms with E-state index in [9.17, 15) is 17.8 Å². The minimum atomic E-state index is -2.76. The lowest BCUT2D eigenvalue weighted by atomic mass is 10.1. The Labute approximate surface area is 113 Å². The summed E-state index contributed by atoms with van der Waals surface area (Å²) < 4.78 is 38.0. The summed E-state index contributed by atoms with van der Waals surface area (Å²) in [4.78, 5) is 11.0. The summed E-state index contributed by atoms with van der Waals surface area (Å²) in [6, 6.07) is 2.19. The number of unbranched alkanes of at least 4 members (excludes halogenated alkanes) is 1. The molecule has 0 aromatic heterocycles. The van der Waals surface area contributed by atoms with Crippen LogP contribution in [0.1, 0.15) is 47.7 Å². The van der Waals surface area contributed by atoms with Crippen molar-refractivity contribution < 1.29 is 22.9 Å². The van der Waals surface area contributed by atoms with E-state index in [4.69, 9.17) is 5.11 Å². The van der Waals surface area contributed by atoms with E-state index >= 15 is 0 Å². The van der Waals surface area contributed by atoms with Crippen molar-refractivity contribution >= 4 is 16.8 Å². The van der Waals surface area contributed by atoms with E-state index < -0.39 is 23.2 Å². The minimum Gasteiger partial charge on any atom is -0.478 e. The summed E-state index contributed by atoms with van der Waals surface area (Å²) in [6.07, 6.45) is -1.32. The Morgan fingerprint density at radius 3 is 2.53 bits per heavy atom. The summed E-state index contributed by atoms with van der Waals surface area (Å²) in [5, 5.41) is 8.99. The lowest BCUT2D eigenvalue weighted by Crippen LogP contribution is -2.10. The first kappa shape index (κ1) is 15.8. The fraction of sp³-hybridized carbons (Fsp3) is 0.462. The van der Waals surface area contributed by atoms with Crippen LogP contribution >= 0.6 is 0 Å². The van der Waals surface area contributed by atoms with Gasteiger partial charge in [-0.3, -0.25) is 4.21 Å². The Morgan fingerprint density at radius 2 is 2.05 bits per heavy atom. The van der Waals surface area contributed by atoms with E-state index in [1.807, 2.05) is 6.92 Å². The molecule has 1 atom stereocenters. The Balaban J connectivity index is 3.34. The number of alkyl halides is 2. The van der Waals surface area contributed by atoms with Gasteiger partial charge >= 0.3 is 5.97 Å². The van der Waals surface area contributed by atoms with Gasteiger partial charge in [-0.25, -0.2) is 13.6 Å². The van der Waals surface area contributed by atoms with E-state index in [1.54, 1.807) is 0 Å². The van der Waals surface area contributed by atoms with E-state index in [-0.39, 0.29) is 27.3 Å². The molecule has 3 nitrogen and oxygen atoms in total. The fourth-order valence-electron chi connectivity index (χ4n) is 1.80. The third-order valence-corrected chi connectivity index (χ3v) is 4.47. The molecule has 1 aromatic carbocycles. The predicted octanol–water partition coefficient (Wildman–Crippen LogP) is 3.54. The molecule has 0 spiro atoms. The van der Waals surface area contributed by atoms with Gasteiger partial charge in [0.25, 0.3) is 6.43 Å². The molecule has 106 valence electrons. The summed E-state index contributed by atoms with van der Waals surface area (Å²) in [5.41, 5.74) is -0.249. The zero-order valence-corrected chi connectivity index (χ0v) is 11.6. The third-order valence-electron chi connectivity index (χ3n) is 2.81. The number of hydrogen-bond donors (Lipinski definition) is 1. The van der Waals surface area contributed by atoms with Gasteiger partial charge in [0.2, 0.25) is 0 Å². The first-order valence-electron chi connectivity index (χ1n) is 5.93. The van der Waals surface area contributed by atoms with Crippen molar-refractivity contribution in [1.29, 1.82) is 0 Å². The van der Waals surface area contributed by atoms with Gasteiger partial charge in [0.05, 0.1) is 21.3 Å². The first-order valence-corrected chi connectivity index (χ1v) is 7.25. The SMILES string of the molecule is CCCC[S@@](=O)c1c(C(F)F)ccc(C(=O)O)c1C. The molecule has 0 saturated carbocycles. The van der Waals surface area contributed by atoms with Gasteiger partial charge in [-0.15, -0.1) is 0 Å². The second kappa shape index (κ2) is 6.75. The molecule has 0 aliphatic heterocycles. The fourth-order valence-corrected chi connectivity index (χ4v) is 3.42. The Hall–Kier alpha value is -1.30. The molecule has 0 heterocycles. The van der Waals surface area contributed by atoms with Crippen molar-refractivity contribution in [2.24, 2.45) is 0 Å². The number of halogens is 2. The number of rotatable bonds is 6. The third kappa shape index (κ3) is 3.59. The van der Waals surface area contributed by atoms with Crippen LogP contribution in [0.2, 0.25) is 0 Å². The highest BCUT2D eigenvalue weighted by molar-refractivity contribution is 7.85. The highest BCUT2D eigenvalue weighted by atomic mass is 32.2. The predicted molar refractivity (Wildman–Crippen MR) is 69.3 cm³/mol. The molecule has 1 rings (SSSR count). The van der Waals surface area contributed by atoms with Crippen LogP contribution in [0.3, 0.4) is 0 Å². The molecule has 1 N–H and O–H groups in total. The van der Waals surface area contributed by atoms with E-state index in [1.165, 1.54) is 6.92 Å². The molecule has 19 heavy (non-hydrogen) atoms. The van der Waals surface area contributed by atoms with Crippen LogP contribution in [-0.4, -0.2) is 21.0 Å². The number of benzene rings is 1. The topological polar surface area (TPSA) is 54.4 Å². The number of carboxylic acids is 1. The van der Waals surface area contributed by atoms with Crippen molar-refractivity contribution in [3.05, 3.63) is 28.8 Å². The van der Waals surface area contributed by atoms with Crippen molar-refractivity contribution in [3.8, 4) is 0 Å². The second-order valence-electron chi connectivity index (χ2n) is 4.17. The first-order chi connectivity index (χ1) is 8.90. The molecule has 6 heteroatoms. The van der Waals surface area contributed by atoms with E-state index in [0.717, 1.165) is 18.6 Å². The molecule has 0 aliphatic carbocycles. The second-order valence-corrected chi connectivity index (χ2v) is 5.67. The maximum atomic E-state index is 12.9. The smallest absolute Gasteiger partial charge is 0.335 e. The van der Waals surface area contributed by atoms with Gasteiger partial charge in [-0.2, -0.15) is 0 Å². The zero-order valence-electron chi connectivity index (χ0n) is 10.8. The van der Waals surface area contributed by atoms with Gasteiger partial charge in [-0.05, 0) is 25.0 Å². The van der Waals surface area contributed by atoms with Crippen LogP contribution in [0.25, 0.3) is 0 Å². The number of carboxylic acid groups (broad SMARTS) is 1. The van der Waals surface area contributed by atoms with Gasteiger partial charge in [-0.1, -0.05) is 19.4 Å². The Kier molecular flexibility index (Phi) is 5.60. The summed E-state index contributed by atoms with van der Waals surface area (Å²) >= 11 is 0. The van der Waals surface area contributed by atoms with Crippen molar-refractivity contribution in [3.63, 3.8) is 0 Å². The average Bonchev–Trinajstić information content (AvgIpc) is 2.34. The molecular weight excluding hydrogens is 274 g/mol. The largest absolute Gasteiger partial charge is 0.478 e. The monoisotopic (exact) mass is 290 g/mol. The Morgan fingerprint density at radius 1 is 1.42 bits per heavy atom. The summed E-state index contributed by atoms with van der Waals surface area (Å²) in [5.74, 6) is -0.938. The van der Waals surface area contributed by atoms with Crippen molar-refractivity contribution in [2.45, 2.75) is 38.0 Å². The van der Waals surface area contributed by atoms with Gasteiger partial charge in [0.15, 0.2) is 0 Å². The standard InChI is InChI=1S/C13H16F2O3S/c1-3-4-7-19(18)11-8(2)9(13(16)17)5-6-10(11)12(14)15/h5-6,12H,3-4,7H2,1-2H3,(H,16,17)/t19-/m1/s1. The molecule has 1 aromatic rings. The van der Waals surface area contributed by atoms with Crippen LogP contribution in [0, 0.1) is 6.92 Å². The number of aromatic carboxylic acids is 1. The van der Waals surface area contributed by atoms with Gasteiger partial charge < -0.3 is 5.11 Å².